The minimum atomic E-state index is -3.62. The van der Waals surface area contributed by atoms with Crippen LogP contribution in [-0.4, -0.2) is 57.6 Å². The third-order valence-corrected chi connectivity index (χ3v) is 8.24. The summed E-state index contributed by atoms with van der Waals surface area (Å²) in [5, 5.41) is 3.51. The Morgan fingerprint density at radius 2 is 1.68 bits per heavy atom. The maximum Gasteiger partial charge on any atom is 0.242 e. The third kappa shape index (κ3) is 9.38. The van der Waals surface area contributed by atoms with E-state index >= 15 is 0 Å². The monoisotopic (exact) mass is 619 g/mol. The Labute approximate surface area is 252 Å². The number of halogens is 2. The lowest BCUT2D eigenvalue weighted by molar-refractivity contribution is -0.141. The van der Waals surface area contributed by atoms with E-state index in [-0.39, 0.29) is 37.7 Å². The van der Waals surface area contributed by atoms with Crippen LogP contribution in [0.1, 0.15) is 30.9 Å². The van der Waals surface area contributed by atoms with Crippen LogP contribution >= 0.6 is 23.2 Å². The molecule has 0 fully saturated rings. The van der Waals surface area contributed by atoms with E-state index in [0.717, 1.165) is 11.8 Å². The summed E-state index contributed by atoms with van der Waals surface area (Å²) < 4.78 is 32.0. The molecule has 0 bridgehead atoms. The highest BCUT2D eigenvalue weighted by molar-refractivity contribution is 7.92. The normalized spacial score (nSPS) is 11.9. The number of hydrogen-bond donors (Lipinski definition) is 1. The molecule has 0 radical (unpaired) electrons. The van der Waals surface area contributed by atoms with Crippen LogP contribution in [0.5, 0.6) is 5.75 Å². The van der Waals surface area contributed by atoms with E-state index in [4.69, 9.17) is 27.9 Å². The zero-order chi connectivity index (χ0) is 30.0. The number of benzene rings is 3. The largest absolute Gasteiger partial charge is 0.494 e. The molecule has 3 rings (SSSR count). The Bertz CT molecular complexity index is 1420. The van der Waals surface area contributed by atoms with Crippen molar-refractivity contribution in [3.8, 4) is 5.75 Å². The molecule has 8 nitrogen and oxygen atoms in total. The average Bonchev–Trinajstić information content (AvgIpc) is 2.94. The zero-order valence-corrected chi connectivity index (χ0v) is 25.7. The van der Waals surface area contributed by atoms with Crippen LogP contribution in [0.25, 0.3) is 0 Å². The number of carbonyl (C=O) groups excluding carboxylic acids is 2. The molecule has 41 heavy (non-hydrogen) atoms. The van der Waals surface area contributed by atoms with E-state index in [1.165, 1.54) is 16.3 Å². The van der Waals surface area contributed by atoms with Crippen LogP contribution in [0, 0.1) is 0 Å². The molecule has 220 valence electrons. The van der Waals surface area contributed by atoms with Gasteiger partial charge in [-0.1, -0.05) is 59.6 Å². The van der Waals surface area contributed by atoms with E-state index in [1.807, 2.05) is 37.3 Å². The number of nitrogens with one attached hydrogen (secondary N) is 1. The summed E-state index contributed by atoms with van der Waals surface area (Å²) in [6.07, 6.45) is 1.66. The number of hydrogen-bond acceptors (Lipinski definition) is 5. The smallest absolute Gasteiger partial charge is 0.242 e. The summed E-state index contributed by atoms with van der Waals surface area (Å²) in [5.74, 6) is 0.00942. The Morgan fingerprint density at radius 3 is 2.27 bits per heavy atom. The first-order valence-corrected chi connectivity index (χ1v) is 15.8. The minimum absolute atomic E-state index is 0.0105. The van der Waals surface area contributed by atoms with Crippen molar-refractivity contribution in [2.24, 2.45) is 0 Å². The molecule has 0 spiro atoms. The number of nitrogens with zero attached hydrogens (tertiary/aromatic N) is 2. The maximum absolute atomic E-state index is 13.8. The Balaban J connectivity index is 1.85. The van der Waals surface area contributed by atoms with Gasteiger partial charge in [-0.05, 0) is 60.9 Å². The number of amides is 2. The van der Waals surface area contributed by atoms with Gasteiger partial charge >= 0.3 is 0 Å². The first-order chi connectivity index (χ1) is 19.5. The number of likely N-dealkylation sites (N-methyl/N-ethyl adjacent to an activating group) is 1. The van der Waals surface area contributed by atoms with Gasteiger partial charge in [0.25, 0.3) is 0 Å². The molecule has 0 saturated carbocycles. The predicted octanol–water partition coefficient (Wildman–Crippen LogP) is 5.32. The Morgan fingerprint density at radius 1 is 1.00 bits per heavy atom. The first kappa shape index (κ1) is 32.2. The van der Waals surface area contributed by atoms with Crippen LogP contribution < -0.4 is 14.4 Å². The first-order valence-electron chi connectivity index (χ1n) is 13.2. The molecule has 0 saturated heterocycles. The lowest BCUT2D eigenvalue weighted by atomic mass is 10.0. The van der Waals surface area contributed by atoms with Crippen molar-refractivity contribution in [1.82, 2.24) is 10.2 Å². The second-order valence-electron chi connectivity index (χ2n) is 9.44. The van der Waals surface area contributed by atoms with Crippen molar-refractivity contribution in [3.63, 3.8) is 0 Å². The molecule has 3 aromatic carbocycles. The maximum atomic E-state index is 13.8. The highest BCUT2D eigenvalue weighted by atomic mass is 35.5. The molecular weight excluding hydrogens is 585 g/mol. The van der Waals surface area contributed by atoms with Gasteiger partial charge in [-0.3, -0.25) is 13.9 Å². The molecule has 0 aliphatic heterocycles. The molecule has 2 amide bonds. The topological polar surface area (TPSA) is 96.0 Å². The molecule has 1 atom stereocenters. The molecule has 0 aliphatic rings. The van der Waals surface area contributed by atoms with Crippen molar-refractivity contribution in [2.45, 2.75) is 38.8 Å². The molecule has 1 N–H and O–H groups in total. The number of rotatable bonds is 14. The summed E-state index contributed by atoms with van der Waals surface area (Å²) in [5.41, 5.74) is 2.00. The third-order valence-electron chi connectivity index (χ3n) is 6.46. The van der Waals surface area contributed by atoms with E-state index in [9.17, 15) is 18.0 Å². The van der Waals surface area contributed by atoms with Crippen LogP contribution in [0.4, 0.5) is 5.69 Å². The highest BCUT2D eigenvalue weighted by Gasteiger charge is 2.30. The molecule has 0 heterocycles. The van der Waals surface area contributed by atoms with Gasteiger partial charge in [0.05, 0.1) is 18.6 Å². The van der Waals surface area contributed by atoms with E-state index in [2.05, 4.69) is 5.32 Å². The Kier molecular flexibility index (Phi) is 11.9. The fourth-order valence-electron chi connectivity index (χ4n) is 4.43. The van der Waals surface area contributed by atoms with Crippen LogP contribution in [0.15, 0.2) is 72.8 Å². The van der Waals surface area contributed by atoms with Gasteiger partial charge in [-0.2, -0.15) is 0 Å². The standard InChI is InChI=1S/C30H35Cl2N3O5S/c1-4-40-26-16-14-25(15-17-26)35(41(3,38)39)18-8-11-29(36)34(21-23-12-13-24(31)20-27(23)32)28(30(37)33-2)19-22-9-6-5-7-10-22/h5-7,9-10,12-17,20,28H,4,8,11,18-19,21H2,1-3H3,(H,33,37)/t28-/m0/s1. The number of sulfonamides is 1. The molecule has 3 aromatic rings. The molecule has 0 aromatic heterocycles. The zero-order valence-electron chi connectivity index (χ0n) is 23.3. The fraction of sp³-hybridized carbons (Fsp3) is 0.333. The minimum Gasteiger partial charge on any atom is -0.494 e. The van der Waals surface area contributed by atoms with Crippen molar-refractivity contribution in [3.05, 3.63) is 94.0 Å². The van der Waals surface area contributed by atoms with Gasteiger partial charge in [0.15, 0.2) is 0 Å². The quantitative estimate of drug-likeness (QED) is 0.263. The predicted molar refractivity (Wildman–Crippen MR) is 164 cm³/mol. The van der Waals surface area contributed by atoms with E-state index in [1.54, 1.807) is 42.5 Å². The number of carbonyl (C=O) groups is 2. The second kappa shape index (κ2) is 15.1. The van der Waals surface area contributed by atoms with E-state index < -0.39 is 16.1 Å². The lowest BCUT2D eigenvalue weighted by Crippen LogP contribution is -2.49. The summed E-state index contributed by atoms with van der Waals surface area (Å²) >= 11 is 12.5. The van der Waals surface area contributed by atoms with Gasteiger partial charge in [0, 0.05) is 43.0 Å². The van der Waals surface area contributed by atoms with Crippen LogP contribution in [0.2, 0.25) is 10.0 Å². The van der Waals surface area contributed by atoms with Crippen LogP contribution in [0.3, 0.4) is 0 Å². The van der Waals surface area contributed by atoms with Crippen molar-refractivity contribution >= 4 is 50.7 Å². The van der Waals surface area contributed by atoms with Crippen LogP contribution in [-0.2, 0) is 32.6 Å². The van der Waals surface area contributed by atoms with Gasteiger partial charge in [-0.25, -0.2) is 8.42 Å². The van der Waals surface area contributed by atoms with Crippen molar-refractivity contribution < 1.29 is 22.7 Å². The molecule has 11 heteroatoms. The fourth-order valence-corrected chi connectivity index (χ4v) is 5.87. The molecular formula is C30H35Cl2N3O5S. The lowest BCUT2D eigenvalue weighted by Gasteiger charge is -2.32. The average molecular weight is 621 g/mol. The SMILES string of the molecule is CCOc1ccc(N(CCCC(=O)N(Cc2ccc(Cl)cc2Cl)[C@@H](Cc2ccccc2)C(=O)NC)S(C)(=O)=O)cc1. The summed E-state index contributed by atoms with van der Waals surface area (Å²) in [4.78, 5) is 28.4. The molecule has 0 unspecified atom stereocenters. The summed E-state index contributed by atoms with van der Waals surface area (Å²) in [6.45, 7) is 2.52. The summed E-state index contributed by atoms with van der Waals surface area (Å²) in [6, 6.07) is 20.4. The van der Waals surface area contributed by atoms with E-state index in [0.29, 0.717) is 40.1 Å². The number of ether oxygens (including phenoxy) is 1. The van der Waals surface area contributed by atoms with Gasteiger partial charge < -0.3 is 15.0 Å². The second-order valence-corrected chi connectivity index (χ2v) is 12.2. The summed E-state index contributed by atoms with van der Waals surface area (Å²) in [7, 11) is -2.09. The van der Waals surface area contributed by atoms with Gasteiger partial charge in [0.1, 0.15) is 11.8 Å². The Hall–Kier alpha value is -3.27. The highest BCUT2D eigenvalue weighted by Crippen LogP contribution is 2.26. The van der Waals surface area contributed by atoms with Crippen molar-refractivity contribution in [1.29, 1.82) is 0 Å². The van der Waals surface area contributed by atoms with Gasteiger partial charge in [0.2, 0.25) is 21.8 Å². The number of anilines is 1. The van der Waals surface area contributed by atoms with Crippen molar-refractivity contribution in [2.75, 3.05) is 30.8 Å². The molecule has 0 aliphatic carbocycles. The van der Waals surface area contributed by atoms with Gasteiger partial charge in [-0.15, -0.1) is 0 Å².